The molecule has 2 aromatic rings. The van der Waals surface area contributed by atoms with Gasteiger partial charge in [-0.25, -0.2) is 8.42 Å². The highest BCUT2D eigenvalue weighted by atomic mass is 32.2. The van der Waals surface area contributed by atoms with Crippen LogP contribution < -0.4 is 5.32 Å². The maximum Gasteiger partial charge on any atom is 0.243 e. The number of hydrogen-bond acceptors (Lipinski definition) is 5. The molecule has 1 N–H and O–H groups in total. The number of para-hydroxylation sites is 1. The van der Waals surface area contributed by atoms with Gasteiger partial charge in [0.25, 0.3) is 0 Å². The Morgan fingerprint density at radius 2 is 1.52 bits per heavy atom. The smallest absolute Gasteiger partial charge is 0.243 e. The molecular formula is C21H25N3O4S. The molecule has 0 aliphatic carbocycles. The van der Waals surface area contributed by atoms with E-state index in [0.29, 0.717) is 37.4 Å². The Morgan fingerprint density at radius 3 is 2.14 bits per heavy atom. The van der Waals surface area contributed by atoms with Crippen molar-refractivity contribution >= 4 is 27.4 Å². The molecule has 29 heavy (non-hydrogen) atoms. The van der Waals surface area contributed by atoms with Gasteiger partial charge < -0.3 is 5.32 Å². The van der Waals surface area contributed by atoms with Gasteiger partial charge in [-0.2, -0.15) is 4.31 Å². The Morgan fingerprint density at radius 1 is 0.931 bits per heavy atom. The fourth-order valence-corrected chi connectivity index (χ4v) is 4.82. The minimum atomic E-state index is -3.53. The Balaban J connectivity index is 1.62. The Labute approximate surface area is 171 Å². The van der Waals surface area contributed by atoms with Crippen molar-refractivity contribution in [3.05, 3.63) is 60.2 Å². The predicted octanol–water partition coefficient (Wildman–Crippen LogP) is 2.22. The highest BCUT2D eigenvalue weighted by Gasteiger charge is 2.31. The molecule has 154 valence electrons. The number of piperazine rings is 1. The summed E-state index contributed by atoms with van der Waals surface area (Å²) in [5.41, 5.74) is 0.953. The molecule has 2 aromatic carbocycles. The molecule has 1 saturated heterocycles. The maximum absolute atomic E-state index is 12.7. The molecule has 1 aliphatic rings. The number of carbonyl (C=O) groups is 2. The van der Waals surface area contributed by atoms with Crippen molar-refractivity contribution in [3.63, 3.8) is 0 Å². The second-order valence-electron chi connectivity index (χ2n) is 7.02. The van der Waals surface area contributed by atoms with E-state index in [1.54, 1.807) is 61.5 Å². The van der Waals surface area contributed by atoms with E-state index >= 15 is 0 Å². The Hall–Kier alpha value is -2.55. The molecule has 0 bridgehead atoms. The van der Waals surface area contributed by atoms with Crippen LogP contribution >= 0.6 is 0 Å². The molecule has 0 spiro atoms. The second-order valence-corrected chi connectivity index (χ2v) is 8.96. The van der Waals surface area contributed by atoms with Crippen LogP contribution in [0.25, 0.3) is 0 Å². The number of amides is 1. The third-order valence-corrected chi connectivity index (χ3v) is 7.06. The summed E-state index contributed by atoms with van der Waals surface area (Å²) in [7, 11) is -3.53. The molecule has 0 saturated carbocycles. The Bertz CT molecular complexity index is 984. The van der Waals surface area contributed by atoms with Gasteiger partial charge in [0.1, 0.15) is 0 Å². The van der Waals surface area contributed by atoms with Crippen LogP contribution in [0.3, 0.4) is 0 Å². The lowest BCUT2D eigenvalue weighted by Gasteiger charge is -2.36. The van der Waals surface area contributed by atoms with Crippen molar-refractivity contribution in [1.29, 1.82) is 0 Å². The summed E-state index contributed by atoms with van der Waals surface area (Å²) in [5, 5.41) is 2.82. The van der Waals surface area contributed by atoms with Crippen LogP contribution in [0.4, 0.5) is 5.69 Å². The number of anilines is 1. The SMILES string of the molecule is CC(=O)c1ccccc1NC(=O)[C@@H](C)N1CCN(S(=O)(=O)c2ccccc2)CC1. The zero-order valence-electron chi connectivity index (χ0n) is 16.5. The van der Waals surface area contributed by atoms with Crippen LogP contribution in [0.5, 0.6) is 0 Å². The average molecular weight is 416 g/mol. The quantitative estimate of drug-likeness (QED) is 0.731. The van der Waals surface area contributed by atoms with Gasteiger partial charge in [-0.3, -0.25) is 14.5 Å². The Kier molecular flexibility index (Phi) is 6.46. The molecular weight excluding hydrogens is 390 g/mol. The third kappa shape index (κ3) is 4.72. The molecule has 8 heteroatoms. The number of rotatable bonds is 6. The van der Waals surface area contributed by atoms with E-state index < -0.39 is 16.1 Å². The van der Waals surface area contributed by atoms with E-state index in [-0.39, 0.29) is 16.6 Å². The van der Waals surface area contributed by atoms with Crippen molar-refractivity contribution in [1.82, 2.24) is 9.21 Å². The zero-order chi connectivity index (χ0) is 21.0. The summed E-state index contributed by atoms with van der Waals surface area (Å²) >= 11 is 0. The van der Waals surface area contributed by atoms with E-state index in [1.165, 1.54) is 11.2 Å². The van der Waals surface area contributed by atoms with Gasteiger partial charge in [-0.15, -0.1) is 0 Å². The first-order chi connectivity index (χ1) is 13.8. The van der Waals surface area contributed by atoms with Crippen molar-refractivity contribution in [2.75, 3.05) is 31.5 Å². The van der Waals surface area contributed by atoms with Crippen molar-refractivity contribution in [2.45, 2.75) is 24.8 Å². The first-order valence-electron chi connectivity index (χ1n) is 9.51. The molecule has 1 amide bonds. The number of benzene rings is 2. The number of sulfonamides is 1. The van der Waals surface area contributed by atoms with Crippen LogP contribution in [0, 0.1) is 0 Å². The van der Waals surface area contributed by atoms with Crippen LogP contribution in [0.15, 0.2) is 59.5 Å². The summed E-state index contributed by atoms with van der Waals surface area (Å²) in [5.74, 6) is -0.341. The molecule has 0 radical (unpaired) electrons. The minimum absolute atomic E-state index is 0.117. The molecule has 1 fully saturated rings. The topological polar surface area (TPSA) is 86.8 Å². The predicted molar refractivity (Wildman–Crippen MR) is 111 cm³/mol. The molecule has 3 rings (SSSR count). The van der Waals surface area contributed by atoms with Gasteiger partial charge in [0, 0.05) is 31.7 Å². The molecule has 1 aliphatic heterocycles. The van der Waals surface area contributed by atoms with E-state index in [1.807, 2.05) is 4.90 Å². The summed E-state index contributed by atoms with van der Waals surface area (Å²) < 4.78 is 26.9. The number of hydrogen-bond donors (Lipinski definition) is 1. The normalized spacial score (nSPS) is 16.9. The molecule has 1 heterocycles. The lowest BCUT2D eigenvalue weighted by atomic mass is 10.1. The highest BCUT2D eigenvalue weighted by molar-refractivity contribution is 7.89. The van der Waals surface area contributed by atoms with Crippen LogP contribution in [-0.4, -0.2) is 61.5 Å². The zero-order valence-corrected chi connectivity index (χ0v) is 17.4. The largest absolute Gasteiger partial charge is 0.324 e. The van der Waals surface area contributed by atoms with E-state index in [9.17, 15) is 18.0 Å². The van der Waals surface area contributed by atoms with Gasteiger partial charge in [0.05, 0.1) is 16.6 Å². The molecule has 7 nitrogen and oxygen atoms in total. The first-order valence-corrected chi connectivity index (χ1v) is 10.9. The summed E-state index contributed by atoms with van der Waals surface area (Å²) in [6, 6.07) is 14.8. The minimum Gasteiger partial charge on any atom is -0.324 e. The summed E-state index contributed by atoms with van der Waals surface area (Å²) in [6.07, 6.45) is 0. The van der Waals surface area contributed by atoms with Gasteiger partial charge >= 0.3 is 0 Å². The van der Waals surface area contributed by atoms with Gasteiger partial charge in [-0.1, -0.05) is 30.3 Å². The fraction of sp³-hybridized carbons (Fsp3) is 0.333. The van der Waals surface area contributed by atoms with Crippen molar-refractivity contribution < 1.29 is 18.0 Å². The lowest BCUT2D eigenvalue weighted by Crippen LogP contribution is -2.53. The second kappa shape index (κ2) is 8.86. The number of Topliss-reactive ketones (excluding diaryl/α,β-unsaturated/α-hetero) is 1. The van der Waals surface area contributed by atoms with E-state index in [0.717, 1.165) is 0 Å². The molecule has 1 atom stereocenters. The van der Waals surface area contributed by atoms with Gasteiger partial charge in [0.2, 0.25) is 15.9 Å². The molecule has 0 unspecified atom stereocenters. The average Bonchev–Trinajstić information content (AvgIpc) is 2.74. The van der Waals surface area contributed by atoms with Crippen molar-refractivity contribution in [2.24, 2.45) is 0 Å². The van der Waals surface area contributed by atoms with Gasteiger partial charge in [-0.05, 0) is 38.1 Å². The maximum atomic E-state index is 12.7. The fourth-order valence-electron chi connectivity index (χ4n) is 3.37. The lowest BCUT2D eigenvalue weighted by molar-refractivity contribution is -0.121. The van der Waals surface area contributed by atoms with Gasteiger partial charge in [0.15, 0.2) is 5.78 Å². The van der Waals surface area contributed by atoms with Crippen molar-refractivity contribution in [3.8, 4) is 0 Å². The molecule has 0 aromatic heterocycles. The van der Waals surface area contributed by atoms with Crippen LogP contribution in [-0.2, 0) is 14.8 Å². The summed E-state index contributed by atoms with van der Waals surface area (Å²) in [4.78, 5) is 26.7. The number of ketones is 1. The number of carbonyl (C=O) groups excluding carboxylic acids is 2. The van der Waals surface area contributed by atoms with Crippen LogP contribution in [0.1, 0.15) is 24.2 Å². The van der Waals surface area contributed by atoms with Crippen LogP contribution in [0.2, 0.25) is 0 Å². The summed E-state index contributed by atoms with van der Waals surface area (Å²) in [6.45, 7) is 4.79. The van der Waals surface area contributed by atoms with E-state index in [4.69, 9.17) is 0 Å². The first kappa shape index (κ1) is 21.2. The number of nitrogens with zero attached hydrogens (tertiary/aromatic N) is 2. The monoisotopic (exact) mass is 415 g/mol. The number of nitrogens with one attached hydrogen (secondary N) is 1. The highest BCUT2D eigenvalue weighted by Crippen LogP contribution is 2.20. The third-order valence-electron chi connectivity index (χ3n) is 5.15. The standard InChI is InChI=1S/C21H25N3O4S/c1-16(21(26)22-20-11-7-6-10-19(20)17(2)25)23-12-14-24(15-13-23)29(27,28)18-8-4-3-5-9-18/h3-11,16H,12-15H2,1-2H3,(H,22,26)/t16-/m1/s1. The van der Waals surface area contributed by atoms with E-state index in [2.05, 4.69) is 5.32 Å².